The van der Waals surface area contributed by atoms with Gasteiger partial charge in [-0.05, 0) is 24.3 Å². The highest BCUT2D eigenvalue weighted by Crippen LogP contribution is 2.29. The molecule has 1 aromatic rings. The number of rotatable bonds is 6. The second-order valence-corrected chi connectivity index (χ2v) is 3.82. The Labute approximate surface area is 114 Å². The van der Waals surface area contributed by atoms with Crippen LogP contribution in [0.15, 0.2) is 36.9 Å². The predicted octanol–water partition coefficient (Wildman–Crippen LogP) is 3.03. The Morgan fingerprint density at radius 3 is 2.50 bits per heavy atom. The zero-order valence-corrected chi connectivity index (χ0v) is 10.7. The topological polar surface area (TPSA) is 50.4 Å². The zero-order valence-electron chi connectivity index (χ0n) is 10.7. The highest BCUT2D eigenvalue weighted by atomic mass is 19.4. The number of hydrogen-bond acceptors (Lipinski definition) is 2. The van der Waals surface area contributed by atoms with Crippen LogP contribution in [0.25, 0.3) is 0 Å². The van der Waals surface area contributed by atoms with Crippen molar-refractivity contribution >= 4 is 11.7 Å². The lowest BCUT2D eigenvalue weighted by Gasteiger charge is -2.09. The van der Waals surface area contributed by atoms with E-state index in [-0.39, 0.29) is 5.69 Å². The number of anilines is 1. The summed E-state index contributed by atoms with van der Waals surface area (Å²) in [5.41, 5.74) is -0.483. The second kappa shape index (κ2) is 7.54. The van der Waals surface area contributed by atoms with Crippen molar-refractivity contribution in [3.05, 3.63) is 42.5 Å². The Kier molecular flexibility index (Phi) is 6.05. The number of urea groups is 1. The molecule has 0 aromatic heterocycles. The van der Waals surface area contributed by atoms with Crippen molar-refractivity contribution in [3.8, 4) is 0 Å². The molecular formula is C13H15F3N2O2. The van der Waals surface area contributed by atoms with E-state index >= 15 is 0 Å². The lowest BCUT2D eigenvalue weighted by molar-refractivity contribution is -0.137. The molecule has 2 N–H and O–H groups in total. The Morgan fingerprint density at radius 1 is 1.30 bits per heavy atom. The van der Waals surface area contributed by atoms with Crippen molar-refractivity contribution in [1.29, 1.82) is 0 Å². The van der Waals surface area contributed by atoms with Gasteiger partial charge in [0, 0.05) is 12.2 Å². The van der Waals surface area contributed by atoms with E-state index in [0.29, 0.717) is 19.8 Å². The molecule has 1 rings (SSSR count). The SMILES string of the molecule is C=CCOCCNC(=O)Nc1ccc(C(F)(F)F)cc1. The minimum atomic E-state index is -4.39. The lowest BCUT2D eigenvalue weighted by Crippen LogP contribution is -2.31. The van der Waals surface area contributed by atoms with Crippen LogP contribution in [-0.4, -0.2) is 25.8 Å². The smallest absolute Gasteiger partial charge is 0.376 e. The average molecular weight is 288 g/mol. The van der Waals surface area contributed by atoms with Gasteiger partial charge in [-0.1, -0.05) is 6.08 Å². The van der Waals surface area contributed by atoms with Gasteiger partial charge in [-0.25, -0.2) is 4.79 Å². The van der Waals surface area contributed by atoms with E-state index in [9.17, 15) is 18.0 Å². The molecule has 0 unspecified atom stereocenters. The van der Waals surface area contributed by atoms with E-state index in [1.54, 1.807) is 6.08 Å². The number of alkyl halides is 3. The van der Waals surface area contributed by atoms with Crippen LogP contribution in [0.2, 0.25) is 0 Å². The molecule has 0 bridgehead atoms. The van der Waals surface area contributed by atoms with Crippen LogP contribution in [0.1, 0.15) is 5.56 Å². The molecule has 0 radical (unpaired) electrons. The minimum Gasteiger partial charge on any atom is -0.376 e. The zero-order chi connectivity index (χ0) is 15.0. The van der Waals surface area contributed by atoms with Gasteiger partial charge >= 0.3 is 12.2 Å². The molecule has 0 aliphatic heterocycles. The summed E-state index contributed by atoms with van der Waals surface area (Å²) >= 11 is 0. The molecular weight excluding hydrogens is 273 g/mol. The van der Waals surface area contributed by atoms with Crippen LogP contribution >= 0.6 is 0 Å². The fraction of sp³-hybridized carbons (Fsp3) is 0.308. The monoisotopic (exact) mass is 288 g/mol. The summed E-state index contributed by atoms with van der Waals surface area (Å²) in [4.78, 5) is 11.4. The average Bonchev–Trinajstić information content (AvgIpc) is 2.38. The molecule has 0 spiro atoms. The normalized spacial score (nSPS) is 10.9. The van der Waals surface area contributed by atoms with Crippen LogP contribution < -0.4 is 10.6 Å². The van der Waals surface area contributed by atoms with Crippen molar-refractivity contribution in [2.24, 2.45) is 0 Å². The van der Waals surface area contributed by atoms with Crippen LogP contribution in [0.4, 0.5) is 23.7 Å². The van der Waals surface area contributed by atoms with Gasteiger partial charge in [0.1, 0.15) is 0 Å². The Bertz CT molecular complexity index is 444. The highest BCUT2D eigenvalue weighted by molar-refractivity contribution is 5.89. The molecule has 0 aliphatic rings. The van der Waals surface area contributed by atoms with Crippen LogP contribution in [0.3, 0.4) is 0 Å². The van der Waals surface area contributed by atoms with Crippen molar-refractivity contribution in [2.75, 3.05) is 25.1 Å². The highest BCUT2D eigenvalue weighted by Gasteiger charge is 2.29. The maximum atomic E-state index is 12.3. The standard InChI is InChI=1S/C13H15F3N2O2/c1-2-8-20-9-7-17-12(19)18-11-5-3-10(4-6-11)13(14,15)16/h2-6H,1,7-9H2,(H2,17,18,19). The molecule has 7 heteroatoms. The van der Waals surface area contributed by atoms with Gasteiger partial charge in [0.2, 0.25) is 0 Å². The third kappa shape index (κ3) is 5.75. The Hall–Kier alpha value is -2.02. The fourth-order valence-corrected chi connectivity index (χ4v) is 1.32. The number of hydrogen-bond donors (Lipinski definition) is 2. The molecule has 20 heavy (non-hydrogen) atoms. The number of nitrogens with one attached hydrogen (secondary N) is 2. The molecule has 110 valence electrons. The first-order valence-electron chi connectivity index (χ1n) is 5.84. The van der Waals surface area contributed by atoms with E-state index in [2.05, 4.69) is 17.2 Å². The van der Waals surface area contributed by atoms with Crippen LogP contribution in [0, 0.1) is 0 Å². The quantitative estimate of drug-likeness (QED) is 0.624. The number of carbonyl (C=O) groups excluding carboxylic acids is 1. The molecule has 0 saturated carbocycles. The number of amides is 2. The molecule has 0 saturated heterocycles. The largest absolute Gasteiger partial charge is 0.416 e. The van der Waals surface area contributed by atoms with E-state index < -0.39 is 17.8 Å². The first-order valence-corrected chi connectivity index (χ1v) is 5.84. The van der Waals surface area contributed by atoms with E-state index in [1.165, 1.54) is 12.1 Å². The summed E-state index contributed by atoms with van der Waals surface area (Å²) in [6, 6.07) is 3.69. The molecule has 2 amide bonds. The minimum absolute atomic E-state index is 0.280. The maximum Gasteiger partial charge on any atom is 0.416 e. The third-order valence-corrected chi connectivity index (χ3v) is 2.24. The molecule has 0 heterocycles. The first kappa shape index (κ1) is 16.0. The summed E-state index contributed by atoms with van der Waals surface area (Å²) in [6.45, 7) is 4.48. The first-order chi connectivity index (χ1) is 9.43. The molecule has 1 aromatic carbocycles. The summed E-state index contributed by atoms with van der Waals surface area (Å²) < 4.78 is 42.0. The summed E-state index contributed by atoms with van der Waals surface area (Å²) in [7, 11) is 0. The summed E-state index contributed by atoms with van der Waals surface area (Å²) in [6.07, 6.45) is -2.80. The van der Waals surface area contributed by atoms with Crippen LogP contribution in [0.5, 0.6) is 0 Å². The molecule has 0 atom stereocenters. The number of ether oxygens (including phenoxy) is 1. The van der Waals surface area contributed by atoms with Gasteiger partial charge in [0.05, 0.1) is 18.8 Å². The number of halogens is 3. The molecule has 4 nitrogen and oxygen atoms in total. The Balaban J connectivity index is 2.37. The third-order valence-electron chi connectivity index (χ3n) is 2.24. The van der Waals surface area contributed by atoms with Crippen molar-refractivity contribution in [3.63, 3.8) is 0 Å². The van der Waals surface area contributed by atoms with Crippen molar-refractivity contribution in [1.82, 2.24) is 5.32 Å². The summed E-state index contributed by atoms with van der Waals surface area (Å²) in [5.74, 6) is 0. The van der Waals surface area contributed by atoms with Gasteiger partial charge in [0.25, 0.3) is 0 Å². The van der Waals surface area contributed by atoms with Crippen molar-refractivity contribution in [2.45, 2.75) is 6.18 Å². The number of carbonyl (C=O) groups is 1. The number of benzene rings is 1. The lowest BCUT2D eigenvalue weighted by atomic mass is 10.2. The van der Waals surface area contributed by atoms with E-state index in [0.717, 1.165) is 12.1 Å². The predicted molar refractivity (Wildman–Crippen MR) is 69.5 cm³/mol. The van der Waals surface area contributed by atoms with Gasteiger partial charge in [0.15, 0.2) is 0 Å². The van der Waals surface area contributed by atoms with Crippen molar-refractivity contribution < 1.29 is 22.7 Å². The second-order valence-electron chi connectivity index (χ2n) is 3.82. The van der Waals surface area contributed by atoms with Gasteiger partial charge in [-0.3, -0.25) is 0 Å². The van der Waals surface area contributed by atoms with Gasteiger partial charge < -0.3 is 15.4 Å². The van der Waals surface area contributed by atoms with E-state index in [4.69, 9.17) is 4.74 Å². The van der Waals surface area contributed by atoms with Gasteiger partial charge in [-0.15, -0.1) is 6.58 Å². The molecule has 0 fully saturated rings. The Morgan fingerprint density at radius 2 is 1.95 bits per heavy atom. The molecule has 0 aliphatic carbocycles. The fourth-order valence-electron chi connectivity index (χ4n) is 1.32. The van der Waals surface area contributed by atoms with E-state index in [1.807, 2.05) is 0 Å². The maximum absolute atomic E-state index is 12.3. The van der Waals surface area contributed by atoms with Crippen LogP contribution in [-0.2, 0) is 10.9 Å². The van der Waals surface area contributed by atoms with Gasteiger partial charge in [-0.2, -0.15) is 13.2 Å². The summed E-state index contributed by atoms with van der Waals surface area (Å²) in [5, 5.41) is 4.92.